The number of rotatable bonds is 8. The quantitative estimate of drug-likeness (QED) is 0.377. The predicted molar refractivity (Wildman–Crippen MR) is 75.2 cm³/mol. The Labute approximate surface area is 106 Å². The van der Waals surface area contributed by atoms with E-state index in [1.54, 1.807) is 0 Å². The molecule has 0 radical (unpaired) electrons. The minimum Gasteiger partial charge on any atom is -0.481 e. The fourth-order valence-corrected chi connectivity index (χ4v) is 1.18. The predicted octanol–water partition coefficient (Wildman–Crippen LogP) is 4.74. The highest BCUT2D eigenvalue weighted by Crippen LogP contribution is 2.04. The second kappa shape index (κ2) is 17.1. The third-order valence-electron chi connectivity index (χ3n) is 1.92. The topological polar surface area (TPSA) is 37.3 Å². The van der Waals surface area contributed by atoms with Crippen LogP contribution in [0.2, 0.25) is 0 Å². The van der Waals surface area contributed by atoms with E-state index in [4.69, 9.17) is 9.90 Å². The molecule has 0 unspecified atom stereocenters. The van der Waals surface area contributed by atoms with Gasteiger partial charge in [0.2, 0.25) is 0 Å². The van der Waals surface area contributed by atoms with E-state index in [1.807, 2.05) is 12.2 Å². The maximum atomic E-state index is 9.00. The van der Waals surface area contributed by atoms with Crippen LogP contribution in [0.25, 0.3) is 0 Å². The first-order valence-electron chi connectivity index (χ1n) is 6.27. The molecular weight excluding hydrogens is 212 g/mol. The summed E-state index contributed by atoms with van der Waals surface area (Å²) in [7, 11) is 0. The largest absolute Gasteiger partial charge is 0.481 e. The van der Waals surface area contributed by atoms with Crippen LogP contribution in [0.3, 0.4) is 0 Å². The molecule has 0 rings (SSSR count). The van der Waals surface area contributed by atoms with Crippen molar-refractivity contribution in [1.82, 2.24) is 0 Å². The summed E-state index contributed by atoms with van der Waals surface area (Å²) in [6.07, 6.45) is 18.2. The van der Waals surface area contributed by atoms with Gasteiger partial charge >= 0.3 is 0 Å². The second-order valence-electron chi connectivity index (χ2n) is 3.70. The van der Waals surface area contributed by atoms with Crippen molar-refractivity contribution in [1.29, 1.82) is 0 Å². The van der Waals surface area contributed by atoms with Crippen LogP contribution in [0.5, 0.6) is 0 Å². The molecule has 0 aromatic carbocycles. The van der Waals surface area contributed by atoms with Crippen LogP contribution in [0.4, 0.5) is 0 Å². The summed E-state index contributed by atoms with van der Waals surface area (Å²) in [4.78, 5) is 9.00. The zero-order valence-corrected chi connectivity index (χ0v) is 11.2. The lowest BCUT2D eigenvalue weighted by molar-refractivity contribution is -0.134. The Bertz CT molecular complexity index is 223. The first-order chi connectivity index (χ1) is 8.15. The van der Waals surface area contributed by atoms with Crippen LogP contribution in [-0.4, -0.2) is 11.1 Å². The fraction of sp³-hybridized carbons (Fsp3) is 0.533. The van der Waals surface area contributed by atoms with Gasteiger partial charge in [0, 0.05) is 6.92 Å². The molecule has 0 heterocycles. The Hall–Kier alpha value is -1.31. The summed E-state index contributed by atoms with van der Waals surface area (Å²) >= 11 is 0. The lowest BCUT2D eigenvalue weighted by Crippen LogP contribution is -1.78. The molecular formula is C15H26O2. The van der Waals surface area contributed by atoms with Crippen LogP contribution >= 0.6 is 0 Å². The number of carboxylic acids is 1. The normalized spacial score (nSPS) is 10.2. The summed E-state index contributed by atoms with van der Waals surface area (Å²) in [5.41, 5.74) is 0. The molecule has 0 saturated heterocycles. The summed E-state index contributed by atoms with van der Waals surface area (Å²) in [5.74, 6) is -0.833. The van der Waals surface area contributed by atoms with Gasteiger partial charge < -0.3 is 5.11 Å². The molecule has 0 aromatic heterocycles. The van der Waals surface area contributed by atoms with Gasteiger partial charge in [-0.3, -0.25) is 4.79 Å². The number of aliphatic carboxylic acids is 1. The van der Waals surface area contributed by atoms with Gasteiger partial charge in [-0.1, -0.05) is 50.3 Å². The molecule has 0 bridgehead atoms. The number of hydrogen-bond donors (Lipinski definition) is 1. The lowest BCUT2D eigenvalue weighted by atomic mass is 10.1. The van der Waals surface area contributed by atoms with Gasteiger partial charge in [-0.05, 0) is 32.1 Å². The zero-order valence-electron chi connectivity index (χ0n) is 11.2. The van der Waals surface area contributed by atoms with E-state index in [-0.39, 0.29) is 0 Å². The number of carbonyl (C=O) groups is 1. The van der Waals surface area contributed by atoms with Gasteiger partial charge in [-0.25, -0.2) is 0 Å². The Morgan fingerprint density at radius 1 is 1.12 bits per heavy atom. The van der Waals surface area contributed by atoms with Gasteiger partial charge in [0.05, 0.1) is 0 Å². The SMILES string of the molecule is C=CC=CCCCCCC=CCC.CC(=O)O. The highest BCUT2D eigenvalue weighted by atomic mass is 16.4. The van der Waals surface area contributed by atoms with Crippen molar-refractivity contribution in [2.45, 2.75) is 52.4 Å². The highest BCUT2D eigenvalue weighted by molar-refractivity contribution is 5.62. The summed E-state index contributed by atoms with van der Waals surface area (Å²) < 4.78 is 0. The third-order valence-corrected chi connectivity index (χ3v) is 1.92. The molecule has 0 saturated carbocycles. The Kier molecular flexibility index (Phi) is 18.2. The van der Waals surface area contributed by atoms with E-state index in [0.29, 0.717) is 0 Å². The maximum Gasteiger partial charge on any atom is 0.300 e. The molecule has 2 heteroatoms. The van der Waals surface area contributed by atoms with E-state index in [1.165, 1.54) is 38.5 Å². The van der Waals surface area contributed by atoms with Gasteiger partial charge in [0.15, 0.2) is 0 Å². The molecule has 0 aromatic rings. The van der Waals surface area contributed by atoms with E-state index in [0.717, 1.165) is 6.92 Å². The van der Waals surface area contributed by atoms with Gasteiger partial charge in [-0.15, -0.1) is 0 Å². The molecule has 0 aliphatic carbocycles. The van der Waals surface area contributed by atoms with Crippen LogP contribution in [-0.2, 0) is 4.79 Å². The lowest BCUT2D eigenvalue weighted by Gasteiger charge is -1.94. The summed E-state index contributed by atoms with van der Waals surface area (Å²) in [5, 5.41) is 7.42. The number of unbranched alkanes of at least 4 members (excludes halogenated alkanes) is 4. The highest BCUT2D eigenvalue weighted by Gasteiger charge is 1.84. The smallest absolute Gasteiger partial charge is 0.300 e. The number of carboxylic acid groups (broad SMARTS) is 1. The Morgan fingerprint density at radius 3 is 2.12 bits per heavy atom. The standard InChI is InChI=1S/C13H22.C2H4O2/c1-3-5-7-9-11-13-12-10-8-6-4-2;1-2(3)4/h3,5-8H,1,4,9-13H2,2H3;1H3,(H,3,4). The van der Waals surface area contributed by atoms with Crippen molar-refractivity contribution < 1.29 is 9.90 Å². The third kappa shape index (κ3) is 31.3. The first-order valence-corrected chi connectivity index (χ1v) is 6.27. The molecule has 0 fully saturated rings. The summed E-state index contributed by atoms with van der Waals surface area (Å²) in [6, 6.07) is 0. The second-order valence-corrected chi connectivity index (χ2v) is 3.70. The minimum absolute atomic E-state index is 0.833. The van der Waals surface area contributed by atoms with Crippen LogP contribution in [0.1, 0.15) is 52.4 Å². The molecule has 0 atom stereocenters. The Balaban J connectivity index is 0. The van der Waals surface area contributed by atoms with Crippen LogP contribution in [0, 0.1) is 0 Å². The molecule has 0 spiro atoms. The molecule has 0 aliphatic rings. The fourth-order valence-electron chi connectivity index (χ4n) is 1.18. The number of hydrogen-bond acceptors (Lipinski definition) is 1. The van der Waals surface area contributed by atoms with E-state index < -0.39 is 5.97 Å². The van der Waals surface area contributed by atoms with Crippen LogP contribution < -0.4 is 0 Å². The van der Waals surface area contributed by atoms with E-state index in [9.17, 15) is 0 Å². The molecule has 1 N–H and O–H groups in total. The van der Waals surface area contributed by atoms with Crippen molar-refractivity contribution in [3.05, 3.63) is 37.0 Å². The monoisotopic (exact) mass is 238 g/mol. The van der Waals surface area contributed by atoms with Crippen LogP contribution in [0.15, 0.2) is 37.0 Å². The van der Waals surface area contributed by atoms with Gasteiger partial charge in [-0.2, -0.15) is 0 Å². The average molecular weight is 238 g/mol. The van der Waals surface area contributed by atoms with Crippen molar-refractivity contribution in [2.75, 3.05) is 0 Å². The molecule has 98 valence electrons. The van der Waals surface area contributed by atoms with Gasteiger partial charge in [0.1, 0.15) is 0 Å². The molecule has 0 amide bonds. The van der Waals surface area contributed by atoms with Crippen molar-refractivity contribution in [2.24, 2.45) is 0 Å². The molecule has 0 aliphatic heterocycles. The van der Waals surface area contributed by atoms with Crippen molar-refractivity contribution in [3.63, 3.8) is 0 Å². The van der Waals surface area contributed by atoms with Gasteiger partial charge in [0.25, 0.3) is 5.97 Å². The number of allylic oxidation sites excluding steroid dienone is 5. The van der Waals surface area contributed by atoms with Crippen molar-refractivity contribution >= 4 is 5.97 Å². The summed E-state index contributed by atoms with van der Waals surface area (Å²) in [6.45, 7) is 6.89. The maximum absolute atomic E-state index is 9.00. The molecule has 17 heavy (non-hydrogen) atoms. The zero-order chi connectivity index (χ0) is 13.4. The van der Waals surface area contributed by atoms with E-state index in [2.05, 4.69) is 31.7 Å². The Morgan fingerprint density at radius 2 is 1.65 bits per heavy atom. The first kappa shape index (κ1) is 18.1. The van der Waals surface area contributed by atoms with Crippen molar-refractivity contribution in [3.8, 4) is 0 Å². The average Bonchev–Trinajstić information content (AvgIpc) is 2.26. The van der Waals surface area contributed by atoms with E-state index >= 15 is 0 Å². The molecule has 2 nitrogen and oxygen atoms in total. The minimum atomic E-state index is -0.833.